The van der Waals surface area contributed by atoms with Crippen molar-refractivity contribution >= 4 is 44.3 Å². The van der Waals surface area contributed by atoms with Crippen molar-refractivity contribution in [2.24, 2.45) is 0 Å². The van der Waals surface area contributed by atoms with E-state index in [9.17, 15) is 0 Å². The number of nitrogens with one attached hydrogen (secondary N) is 1. The summed E-state index contributed by atoms with van der Waals surface area (Å²) in [5.41, 5.74) is 10.3. The fourth-order valence-electron chi connectivity index (χ4n) is 5.39. The molecule has 0 fully saturated rings. The Morgan fingerprint density at radius 2 is 1.23 bits per heavy atom. The first-order valence-electron chi connectivity index (χ1n) is 10.6. The third kappa shape index (κ3) is 2.23. The van der Waals surface area contributed by atoms with Crippen LogP contribution in [0, 0.1) is 0 Å². The highest BCUT2D eigenvalue weighted by molar-refractivity contribution is 7.98. The molecule has 2 heteroatoms. The predicted octanol–water partition coefficient (Wildman–Crippen LogP) is 8.51. The van der Waals surface area contributed by atoms with E-state index >= 15 is 0 Å². The molecule has 5 aromatic carbocycles. The fraction of sp³-hybridized carbons (Fsp3) is 0.0345. The van der Waals surface area contributed by atoms with Crippen molar-refractivity contribution in [3.63, 3.8) is 0 Å². The van der Waals surface area contributed by atoms with Crippen LogP contribution < -0.4 is 0 Å². The van der Waals surface area contributed by atoms with E-state index in [2.05, 4.69) is 102 Å². The van der Waals surface area contributed by atoms with Gasteiger partial charge in [0.15, 0.2) is 0 Å². The van der Waals surface area contributed by atoms with Crippen molar-refractivity contribution in [3.8, 4) is 33.4 Å². The van der Waals surface area contributed by atoms with Crippen LogP contribution in [-0.4, -0.2) is 11.2 Å². The van der Waals surface area contributed by atoms with Gasteiger partial charge in [-0.15, -0.1) is 11.8 Å². The van der Waals surface area contributed by atoms with Crippen LogP contribution in [0.25, 0.3) is 66.0 Å². The zero-order chi connectivity index (χ0) is 20.5. The molecule has 0 aliphatic heterocycles. The maximum atomic E-state index is 3.70. The highest BCUT2D eigenvalue weighted by atomic mass is 32.2. The van der Waals surface area contributed by atoms with Crippen LogP contribution in [0.1, 0.15) is 0 Å². The van der Waals surface area contributed by atoms with Crippen molar-refractivity contribution < 1.29 is 0 Å². The molecule has 146 valence electrons. The second-order valence-corrected chi connectivity index (χ2v) is 9.02. The standard InChI is InChI=1S/C29H19NS/c1-31-25-12-5-4-9-19(25)22-14-16-24-29-27(22)21-10-3-2-8-18(21)20-11-6-7-17-13-15-23(30-24)28(29)26(17)20/h2-16,30H,1H3. The Hall–Kier alpha value is -3.49. The van der Waals surface area contributed by atoms with Gasteiger partial charge in [0.05, 0.1) is 0 Å². The number of hydrogen-bond donors (Lipinski definition) is 1. The Balaban J connectivity index is 1.79. The molecule has 0 bridgehead atoms. The highest BCUT2D eigenvalue weighted by Gasteiger charge is 2.24. The van der Waals surface area contributed by atoms with E-state index in [-0.39, 0.29) is 0 Å². The Bertz CT molecular complexity index is 1670. The molecule has 0 atom stereocenters. The molecule has 1 N–H and O–H groups in total. The minimum Gasteiger partial charge on any atom is -0.354 e. The molecule has 0 unspecified atom stereocenters. The molecule has 7 rings (SSSR count). The average molecular weight is 414 g/mol. The minimum atomic E-state index is 1.20. The first-order chi connectivity index (χ1) is 15.3. The number of fused-ring (bicyclic) bond motifs is 3. The summed E-state index contributed by atoms with van der Waals surface area (Å²) in [6.45, 7) is 0. The van der Waals surface area contributed by atoms with E-state index in [0.717, 1.165) is 0 Å². The SMILES string of the molecule is CSc1ccccc1-c1ccc2[nH]c3ccc4cccc5c4c3c2c1-c1ccccc1-5. The summed E-state index contributed by atoms with van der Waals surface area (Å²) in [6, 6.07) is 33.4. The van der Waals surface area contributed by atoms with Crippen LogP contribution >= 0.6 is 11.8 Å². The number of aromatic amines is 1. The number of thioether (sulfide) groups is 1. The van der Waals surface area contributed by atoms with Gasteiger partial charge in [0, 0.05) is 32.3 Å². The topological polar surface area (TPSA) is 15.8 Å². The summed E-state index contributed by atoms with van der Waals surface area (Å²) >= 11 is 1.81. The number of H-pyrrole nitrogens is 1. The Kier molecular flexibility index (Phi) is 3.47. The molecular weight excluding hydrogens is 394 g/mol. The molecule has 0 radical (unpaired) electrons. The van der Waals surface area contributed by atoms with Gasteiger partial charge in [-0.25, -0.2) is 0 Å². The van der Waals surface area contributed by atoms with Crippen LogP contribution in [0.3, 0.4) is 0 Å². The fourth-order valence-corrected chi connectivity index (χ4v) is 6.00. The zero-order valence-corrected chi connectivity index (χ0v) is 17.9. The number of hydrogen-bond acceptors (Lipinski definition) is 1. The molecule has 1 aromatic heterocycles. The molecular formula is C29H19NS. The molecule has 0 saturated carbocycles. The van der Waals surface area contributed by atoms with Crippen molar-refractivity contribution in [3.05, 3.63) is 91.0 Å². The van der Waals surface area contributed by atoms with Crippen LogP contribution in [-0.2, 0) is 0 Å². The molecule has 1 aliphatic rings. The molecule has 31 heavy (non-hydrogen) atoms. The lowest BCUT2D eigenvalue weighted by Gasteiger charge is -2.16. The highest BCUT2D eigenvalue weighted by Crippen LogP contribution is 2.51. The summed E-state index contributed by atoms with van der Waals surface area (Å²) in [5, 5.41) is 5.33. The third-order valence-electron chi connectivity index (χ3n) is 6.65. The second-order valence-electron chi connectivity index (χ2n) is 8.17. The molecule has 1 nitrogen and oxygen atoms in total. The van der Waals surface area contributed by atoms with Gasteiger partial charge in [0.25, 0.3) is 0 Å². The summed E-state index contributed by atoms with van der Waals surface area (Å²) in [7, 11) is 0. The van der Waals surface area contributed by atoms with Crippen LogP contribution in [0.5, 0.6) is 0 Å². The summed E-state index contributed by atoms with van der Waals surface area (Å²) in [5.74, 6) is 0. The largest absolute Gasteiger partial charge is 0.354 e. The van der Waals surface area contributed by atoms with E-state index in [4.69, 9.17) is 0 Å². The number of rotatable bonds is 2. The van der Waals surface area contributed by atoms with Crippen LogP contribution in [0.15, 0.2) is 95.9 Å². The van der Waals surface area contributed by atoms with Gasteiger partial charge in [0.1, 0.15) is 0 Å². The van der Waals surface area contributed by atoms with E-state index in [0.29, 0.717) is 0 Å². The Labute approximate surface area is 184 Å². The molecule has 1 heterocycles. The van der Waals surface area contributed by atoms with E-state index < -0.39 is 0 Å². The first-order valence-corrected chi connectivity index (χ1v) is 11.8. The normalized spacial score (nSPS) is 12.2. The van der Waals surface area contributed by atoms with Crippen molar-refractivity contribution in [2.75, 3.05) is 6.26 Å². The van der Waals surface area contributed by atoms with Gasteiger partial charge in [0.2, 0.25) is 0 Å². The molecule has 0 spiro atoms. The summed E-state index contributed by atoms with van der Waals surface area (Å²) in [4.78, 5) is 5.01. The lowest BCUT2D eigenvalue weighted by molar-refractivity contribution is 1.45. The molecule has 6 aromatic rings. The Morgan fingerprint density at radius 3 is 2.10 bits per heavy atom. The molecule has 0 saturated heterocycles. The average Bonchev–Trinajstić information content (AvgIpc) is 3.15. The van der Waals surface area contributed by atoms with E-state index in [1.807, 2.05) is 11.8 Å². The predicted molar refractivity (Wildman–Crippen MR) is 135 cm³/mol. The number of benzene rings is 5. The number of aromatic nitrogens is 1. The maximum absolute atomic E-state index is 3.70. The van der Waals surface area contributed by atoms with Crippen molar-refractivity contribution in [2.45, 2.75) is 4.90 Å². The van der Waals surface area contributed by atoms with Gasteiger partial charge in [-0.2, -0.15) is 0 Å². The first kappa shape index (κ1) is 17.2. The lowest BCUT2D eigenvalue weighted by Crippen LogP contribution is -1.90. The van der Waals surface area contributed by atoms with Gasteiger partial charge < -0.3 is 4.98 Å². The maximum Gasteiger partial charge on any atom is 0.0471 e. The van der Waals surface area contributed by atoms with Gasteiger partial charge in [-0.1, -0.05) is 72.8 Å². The van der Waals surface area contributed by atoms with Crippen LogP contribution in [0.2, 0.25) is 0 Å². The summed E-state index contributed by atoms with van der Waals surface area (Å²) in [6.07, 6.45) is 2.16. The molecule has 0 amide bonds. The smallest absolute Gasteiger partial charge is 0.0471 e. The van der Waals surface area contributed by atoms with Crippen molar-refractivity contribution in [1.82, 2.24) is 4.98 Å². The Morgan fingerprint density at radius 1 is 0.516 bits per heavy atom. The monoisotopic (exact) mass is 413 g/mol. The van der Waals surface area contributed by atoms with Gasteiger partial charge >= 0.3 is 0 Å². The van der Waals surface area contributed by atoms with Gasteiger partial charge in [-0.05, 0) is 63.0 Å². The second kappa shape index (κ2) is 6.26. The zero-order valence-electron chi connectivity index (χ0n) is 17.1. The lowest BCUT2D eigenvalue weighted by atomic mass is 9.88. The van der Waals surface area contributed by atoms with E-state index in [1.54, 1.807) is 0 Å². The van der Waals surface area contributed by atoms with Crippen LogP contribution in [0.4, 0.5) is 0 Å². The quantitative estimate of drug-likeness (QED) is 0.281. The van der Waals surface area contributed by atoms with E-state index in [1.165, 1.54) is 70.9 Å². The third-order valence-corrected chi connectivity index (χ3v) is 7.45. The van der Waals surface area contributed by atoms with Crippen molar-refractivity contribution in [1.29, 1.82) is 0 Å². The summed E-state index contributed by atoms with van der Waals surface area (Å²) < 4.78 is 0. The minimum absolute atomic E-state index is 1.20. The van der Waals surface area contributed by atoms with Gasteiger partial charge in [-0.3, -0.25) is 0 Å². The molecule has 1 aliphatic carbocycles.